The SMILES string of the molecule is O=C1OCCC1N1C[C@H](O)CO1. The average molecular weight is 173 g/mol. The van der Waals surface area contributed by atoms with Gasteiger partial charge in [0, 0.05) is 6.42 Å². The molecule has 0 bridgehead atoms. The number of hydrogen-bond acceptors (Lipinski definition) is 5. The van der Waals surface area contributed by atoms with Gasteiger partial charge in [-0.2, -0.15) is 5.06 Å². The monoisotopic (exact) mass is 173 g/mol. The Morgan fingerprint density at radius 1 is 1.58 bits per heavy atom. The summed E-state index contributed by atoms with van der Waals surface area (Å²) in [4.78, 5) is 16.1. The van der Waals surface area contributed by atoms with Gasteiger partial charge in [-0.1, -0.05) is 0 Å². The van der Waals surface area contributed by atoms with Gasteiger partial charge >= 0.3 is 5.97 Å². The van der Waals surface area contributed by atoms with Crippen molar-refractivity contribution in [2.45, 2.75) is 18.6 Å². The van der Waals surface area contributed by atoms with E-state index in [4.69, 9.17) is 14.7 Å². The molecule has 2 aliphatic heterocycles. The smallest absolute Gasteiger partial charge is 0.325 e. The number of rotatable bonds is 1. The van der Waals surface area contributed by atoms with Crippen molar-refractivity contribution in [1.82, 2.24) is 5.06 Å². The van der Waals surface area contributed by atoms with E-state index in [1.54, 1.807) is 0 Å². The second kappa shape index (κ2) is 3.01. The topological polar surface area (TPSA) is 59.0 Å². The van der Waals surface area contributed by atoms with E-state index in [9.17, 15) is 4.79 Å². The molecule has 0 radical (unpaired) electrons. The van der Waals surface area contributed by atoms with Crippen LogP contribution in [0.4, 0.5) is 0 Å². The molecule has 68 valence electrons. The minimum absolute atomic E-state index is 0.246. The molecule has 0 aromatic rings. The summed E-state index contributed by atoms with van der Waals surface area (Å²) in [6, 6.07) is -0.304. The van der Waals surface area contributed by atoms with E-state index in [1.807, 2.05) is 0 Å². The third kappa shape index (κ3) is 1.31. The van der Waals surface area contributed by atoms with E-state index in [2.05, 4.69) is 0 Å². The zero-order valence-electron chi connectivity index (χ0n) is 6.60. The van der Waals surface area contributed by atoms with Gasteiger partial charge in [0.15, 0.2) is 0 Å². The fourth-order valence-electron chi connectivity index (χ4n) is 1.46. The predicted molar refractivity (Wildman–Crippen MR) is 38.0 cm³/mol. The quantitative estimate of drug-likeness (QED) is 0.510. The van der Waals surface area contributed by atoms with Crippen molar-refractivity contribution < 1.29 is 19.5 Å². The highest BCUT2D eigenvalue weighted by atomic mass is 16.7. The summed E-state index contributed by atoms with van der Waals surface area (Å²) >= 11 is 0. The molecule has 2 heterocycles. The Morgan fingerprint density at radius 3 is 2.92 bits per heavy atom. The highest BCUT2D eigenvalue weighted by Crippen LogP contribution is 2.18. The Kier molecular flexibility index (Phi) is 2.00. The molecule has 2 aliphatic rings. The predicted octanol–water partition coefficient (Wildman–Crippen LogP) is -1.09. The van der Waals surface area contributed by atoms with E-state index < -0.39 is 6.10 Å². The zero-order valence-corrected chi connectivity index (χ0v) is 6.60. The summed E-state index contributed by atoms with van der Waals surface area (Å²) in [6.45, 7) is 1.14. The van der Waals surface area contributed by atoms with Crippen LogP contribution in [0.25, 0.3) is 0 Å². The summed E-state index contributed by atoms with van der Waals surface area (Å²) in [5.74, 6) is -0.246. The number of ether oxygens (including phenoxy) is 1. The molecular formula is C7H11NO4. The number of carbonyl (C=O) groups is 1. The molecule has 2 atom stereocenters. The van der Waals surface area contributed by atoms with E-state index >= 15 is 0 Å². The van der Waals surface area contributed by atoms with Crippen molar-refractivity contribution in [2.24, 2.45) is 0 Å². The Labute approximate surface area is 69.8 Å². The van der Waals surface area contributed by atoms with Gasteiger partial charge in [-0.15, -0.1) is 0 Å². The Bertz CT molecular complexity index is 196. The molecular weight excluding hydrogens is 162 g/mol. The van der Waals surface area contributed by atoms with Crippen LogP contribution in [0.2, 0.25) is 0 Å². The van der Waals surface area contributed by atoms with Gasteiger partial charge in [0.1, 0.15) is 6.04 Å². The molecule has 0 saturated carbocycles. The number of hydrogen-bond donors (Lipinski definition) is 1. The molecule has 2 saturated heterocycles. The lowest BCUT2D eigenvalue weighted by Gasteiger charge is -2.17. The molecule has 1 N–H and O–H groups in total. The molecule has 2 rings (SSSR count). The Hall–Kier alpha value is -0.650. The number of hydroxylamine groups is 2. The van der Waals surface area contributed by atoms with Crippen LogP contribution in [0, 0.1) is 0 Å². The number of nitrogens with zero attached hydrogens (tertiary/aromatic N) is 1. The van der Waals surface area contributed by atoms with E-state index in [1.165, 1.54) is 5.06 Å². The summed E-state index contributed by atoms with van der Waals surface area (Å²) in [5, 5.41) is 10.6. The molecule has 0 aromatic carbocycles. The van der Waals surface area contributed by atoms with Crippen LogP contribution >= 0.6 is 0 Å². The minimum atomic E-state index is -0.474. The van der Waals surface area contributed by atoms with Crippen molar-refractivity contribution in [3.05, 3.63) is 0 Å². The summed E-state index contributed by atoms with van der Waals surface area (Å²) in [5.41, 5.74) is 0. The van der Waals surface area contributed by atoms with Crippen LogP contribution in [-0.2, 0) is 14.4 Å². The molecule has 0 spiro atoms. The molecule has 0 amide bonds. The Morgan fingerprint density at radius 2 is 2.42 bits per heavy atom. The second-order valence-electron chi connectivity index (χ2n) is 3.02. The first-order valence-corrected chi connectivity index (χ1v) is 4.01. The fourth-order valence-corrected chi connectivity index (χ4v) is 1.46. The number of carbonyl (C=O) groups excluding carboxylic acids is 1. The van der Waals surface area contributed by atoms with Crippen molar-refractivity contribution in [1.29, 1.82) is 0 Å². The highest BCUT2D eigenvalue weighted by molar-refractivity contribution is 5.77. The normalized spacial score (nSPS) is 37.2. The molecule has 5 heteroatoms. The minimum Gasteiger partial charge on any atom is -0.464 e. The lowest BCUT2D eigenvalue weighted by atomic mass is 10.2. The standard InChI is InChI=1S/C7H11NO4/c9-5-3-8(12-4-5)6-1-2-11-7(6)10/h5-6,9H,1-4H2/t5-,6?/m0/s1. The number of aliphatic hydroxyl groups excluding tert-OH is 1. The summed E-state index contributed by atoms with van der Waals surface area (Å²) < 4.78 is 4.77. The zero-order chi connectivity index (χ0) is 8.55. The number of β-amino-alcohol motifs (C(OH)–C–C–N with tert-alkyl or cyclic N) is 1. The summed E-state index contributed by atoms with van der Waals surface area (Å²) in [6.07, 6.45) is 0.185. The van der Waals surface area contributed by atoms with Crippen LogP contribution in [0.1, 0.15) is 6.42 Å². The maximum absolute atomic E-state index is 11.0. The van der Waals surface area contributed by atoms with Crippen molar-refractivity contribution >= 4 is 5.97 Å². The van der Waals surface area contributed by atoms with Crippen LogP contribution in [0.3, 0.4) is 0 Å². The molecule has 12 heavy (non-hydrogen) atoms. The first-order valence-electron chi connectivity index (χ1n) is 4.01. The van der Waals surface area contributed by atoms with Gasteiger partial charge in [-0.3, -0.25) is 9.63 Å². The van der Waals surface area contributed by atoms with Gasteiger partial charge in [-0.05, 0) is 0 Å². The second-order valence-corrected chi connectivity index (χ2v) is 3.02. The van der Waals surface area contributed by atoms with Gasteiger partial charge in [0.2, 0.25) is 0 Å². The van der Waals surface area contributed by atoms with Gasteiger partial charge in [-0.25, -0.2) is 0 Å². The first kappa shape index (κ1) is 7.97. The van der Waals surface area contributed by atoms with E-state index in [0.717, 1.165) is 0 Å². The maximum atomic E-state index is 11.0. The van der Waals surface area contributed by atoms with Crippen LogP contribution in [0.5, 0.6) is 0 Å². The average Bonchev–Trinajstić information content (AvgIpc) is 2.58. The first-order chi connectivity index (χ1) is 5.77. The van der Waals surface area contributed by atoms with Gasteiger partial charge in [0.25, 0.3) is 0 Å². The third-order valence-electron chi connectivity index (χ3n) is 2.08. The number of esters is 1. The number of aliphatic hydroxyl groups is 1. The maximum Gasteiger partial charge on any atom is 0.325 e. The lowest BCUT2D eigenvalue weighted by Crippen LogP contribution is -2.36. The molecule has 0 aliphatic carbocycles. The molecule has 1 unspecified atom stereocenters. The van der Waals surface area contributed by atoms with E-state index in [0.29, 0.717) is 19.6 Å². The van der Waals surface area contributed by atoms with Crippen LogP contribution in [-0.4, -0.2) is 48.0 Å². The van der Waals surface area contributed by atoms with Crippen LogP contribution < -0.4 is 0 Å². The molecule has 0 aromatic heterocycles. The lowest BCUT2D eigenvalue weighted by molar-refractivity contribution is -0.167. The van der Waals surface area contributed by atoms with Crippen molar-refractivity contribution in [3.8, 4) is 0 Å². The van der Waals surface area contributed by atoms with Crippen molar-refractivity contribution in [2.75, 3.05) is 19.8 Å². The summed E-state index contributed by atoms with van der Waals surface area (Å²) in [7, 11) is 0. The number of cyclic esters (lactones) is 1. The van der Waals surface area contributed by atoms with E-state index in [-0.39, 0.29) is 18.6 Å². The largest absolute Gasteiger partial charge is 0.464 e. The van der Waals surface area contributed by atoms with Crippen molar-refractivity contribution in [3.63, 3.8) is 0 Å². The molecule has 5 nitrogen and oxygen atoms in total. The van der Waals surface area contributed by atoms with Crippen LogP contribution in [0.15, 0.2) is 0 Å². The highest BCUT2D eigenvalue weighted by Gasteiger charge is 2.37. The van der Waals surface area contributed by atoms with Gasteiger partial charge in [0.05, 0.1) is 25.9 Å². The third-order valence-corrected chi connectivity index (χ3v) is 2.08. The molecule has 2 fully saturated rings. The fraction of sp³-hybridized carbons (Fsp3) is 0.857. The van der Waals surface area contributed by atoms with Gasteiger partial charge < -0.3 is 9.84 Å². The Balaban J connectivity index is 1.96.